The lowest BCUT2D eigenvalue weighted by molar-refractivity contribution is 0.0593. The number of hydrogen-bond acceptors (Lipinski definition) is 9. The third-order valence-electron chi connectivity index (χ3n) is 10.2. The molecule has 9 heteroatoms. The van der Waals surface area contributed by atoms with Crippen molar-refractivity contribution in [2.24, 2.45) is 0 Å². The molecule has 250 valence electrons. The van der Waals surface area contributed by atoms with Crippen molar-refractivity contribution >= 4 is 5.97 Å². The van der Waals surface area contributed by atoms with Crippen molar-refractivity contribution < 1.29 is 33.6 Å². The highest BCUT2D eigenvalue weighted by atomic mass is 16.5. The zero-order chi connectivity index (χ0) is 33.5. The number of fused-ring (bicyclic) bond motifs is 2. The molecular formula is C39H42N2O7. The van der Waals surface area contributed by atoms with Crippen LogP contribution in [0.4, 0.5) is 0 Å². The molecule has 8 rings (SSSR count). The zero-order valence-electron chi connectivity index (χ0n) is 28.2. The average molecular weight is 651 g/mol. The summed E-state index contributed by atoms with van der Waals surface area (Å²) >= 11 is 0. The van der Waals surface area contributed by atoms with Gasteiger partial charge in [-0.05, 0) is 104 Å². The molecule has 4 aliphatic heterocycles. The Balaban J connectivity index is 1.49. The standard InChI is InChI=1S/C39H42N2O7/c1-40-14-12-25-19-33(44-3)34-21-29(25)30(40)16-23-7-10-28(11-8-23)47-32-18-24(6-9-27(32)22-42)17-31-36-26(13-15-41(31)2)20-35(45-4)37(38(36)48-34)39(43)46-5/h6-11,18-21,30-31,42H,12-17,22H2,1-5H3/t30-,31+/m0/s1. The molecule has 4 aromatic rings. The average Bonchev–Trinajstić information content (AvgIpc) is 3.10. The molecule has 1 N–H and O–H groups in total. The first kappa shape index (κ1) is 32.0. The van der Waals surface area contributed by atoms with Gasteiger partial charge in [-0.15, -0.1) is 0 Å². The van der Waals surface area contributed by atoms with Gasteiger partial charge in [-0.3, -0.25) is 9.80 Å². The highest BCUT2D eigenvalue weighted by Crippen LogP contribution is 2.49. The van der Waals surface area contributed by atoms with Gasteiger partial charge in [0, 0.05) is 36.3 Å². The maximum Gasteiger partial charge on any atom is 0.345 e. The topological polar surface area (TPSA) is 89.9 Å². The molecule has 4 aliphatic rings. The summed E-state index contributed by atoms with van der Waals surface area (Å²) in [7, 11) is 8.82. The highest BCUT2D eigenvalue weighted by molar-refractivity contribution is 5.97. The first-order chi connectivity index (χ1) is 23.3. The quantitative estimate of drug-likeness (QED) is 0.251. The van der Waals surface area contributed by atoms with Crippen LogP contribution in [0.3, 0.4) is 0 Å². The van der Waals surface area contributed by atoms with Crippen LogP contribution >= 0.6 is 0 Å². The van der Waals surface area contributed by atoms with E-state index in [1.54, 1.807) is 14.2 Å². The fourth-order valence-electron chi connectivity index (χ4n) is 7.43. The number of esters is 1. The zero-order valence-corrected chi connectivity index (χ0v) is 28.2. The number of rotatable bonds is 4. The fraction of sp³-hybridized carbons (Fsp3) is 0.359. The van der Waals surface area contributed by atoms with E-state index in [0.29, 0.717) is 46.5 Å². The predicted octanol–water partition coefficient (Wildman–Crippen LogP) is 6.42. The molecule has 0 aromatic heterocycles. The second kappa shape index (κ2) is 13.1. The van der Waals surface area contributed by atoms with Crippen molar-refractivity contribution in [2.75, 3.05) is 48.5 Å². The maximum atomic E-state index is 13.6. The van der Waals surface area contributed by atoms with Crippen molar-refractivity contribution in [3.63, 3.8) is 0 Å². The summed E-state index contributed by atoms with van der Waals surface area (Å²) in [5.41, 5.74) is 7.46. The molecule has 6 bridgehead atoms. The lowest BCUT2D eigenvalue weighted by Gasteiger charge is -2.37. The van der Waals surface area contributed by atoms with Crippen LogP contribution in [0.5, 0.6) is 34.5 Å². The minimum atomic E-state index is -0.542. The van der Waals surface area contributed by atoms with Gasteiger partial charge in [0.1, 0.15) is 22.8 Å². The first-order valence-corrected chi connectivity index (χ1v) is 16.4. The van der Waals surface area contributed by atoms with Crippen LogP contribution in [0, 0.1) is 0 Å². The minimum Gasteiger partial charge on any atom is -0.496 e. The van der Waals surface area contributed by atoms with Gasteiger partial charge in [-0.2, -0.15) is 0 Å². The van der Waals surface area contributed by atoms with E-state index in [0.717, 1.165) is 54.6 Å². The van der Waals surface area contributed by atoms with E-state index >= 15 is 0 Å². The van der Waals surface area contributed by atoms with E-state index in [4.69, 9.17) is 23.7 Å². The highest BCUT2D eigenvalue weighted by Gasteiger charge is 2.36. The molecule has 4 heterocycles. The Morgan fingerprint density at radius 1 is 0.792 bits per heavy atom. The van der Waals surface area contributed by atoms with E-state index < -0.39 is 5.97 Å². The molecule has 0 amide bonds. The molecule has 0 radical (unpaired) electrons. The fourth-order valence-corrected chi connectivity index (χ4v) is 7.43. The molecular weight excluding hydrogens is 608 g/mol. The molecule has 0 spiro atoms. The summed E-state index contributed by atoms with van der Waals surface area (Å²) < 4.78 is 30.5. The molecule has 9 nitrogen and oxygen atoms in total. The van der Waals surface area contributed by atoms with Gasteiger partial charge in [-0.1, -0.05) is 24.3 Å². The van der Waals surface area contributed by atoms with E-state index in [2.05, 4.69) is 48.2 Å². The minimum absolute atomic E-state index is 0.0866. The predicted molar refractivity (Wildman–Crippen MR) is 182 cm³/mol. The van der Waals surface area contributed by atoms with Gasteiger partial charge >= 0.3 is 5.97 Å². The molecule has 0 fully saturated rings. The first-order valence-electron chi connectivity index (χ1n) is 16.4. The van der Waals surface area contributed by atoms with E-state index in [1.165, 1.54) is 18.2 Å². The Kier molecular flexibility index (Phi) is 8.76. The summed E-state index contributed by atoms with van der Waals surface area (Å²) in [4.78, 5) is 18.2. The second-order valence-electron chi connectivity index (χ2n) is 12.9. The number of methoxy groups -OCH3 is 3. The molecule has 48 heavy (non-hydrogen) atoms. The number of likely N-dealkylation sites (N-methyl/N-ethyl adjacent to an activating group) is 2. The number of carbonyl (C=O) groups excluding carboxylic acids is 1. The number of nitrogens with zero attached hydrogens (tertiary/aromatic N) is 2. The third kappa shape index (κ3) is 5.76. The molecule has 2 atom stereocenters. The molecule has 0 aliphatic carbocycles. The number of benzene rings is 4. The van der Waals surface area contributed by atoms with Gasteiger partial charge in [0.05, 0.1) is 27.9 Å². The van der Waals surface area contributed by atoms with Crippen molar-refractivity contribution in [1.82, 2.24) is 9.80 Å². The summed E-state index contributed by atoms with van der Waals surface area (Å²) in [6, 6.07) is 20.2. The SMILES string of the molecule is COC(=O)c1c(OC)cc2c3c1Oc1cc4c(cc1OC)CCN(C)[C@H]4Cc1ccc(cc1)Oc1cc(ccc1CO)C[C@H]3N(C)CC2. The van der Waals surface area contributed by atoms with Crippen LogP contribution in [-0.2, 0) is 37.0 Å². The van der Waals surface area contributed by atoms with Gasteiger partial charge in [-0.25, -0.2) is 4.79 Å². The lowest BCUT2D eigenvalue weighted by atomic mass is 9.86. The summed E-state index contributed by atoms with van der Waals surface area (Å²) in [6.45, 7) is 1.57. The van der Waals surface area contributed by atoms with E-state index in [1.807, 2.05) is 36.4 Å². The Morgan fingerprint density at radius 2 is 1.46 bits per heavy atom. The molecule has 0 unspecified atom stereocenters. The Labute approximate surface area is 281 Å². The van der Waals surface area contributed by atoms with Crippen molar-refractivity contribution in [1.29, 1.82) is 0 Å². The monoisotopic (exact) mass is 650 g/mol. The second-order valence-corrected chi connectivity index (χ2v) is 12.9. The lowest BCUT2D eigenvalue weighted by Crippen LogP contribution is -2.34. The maximum absolute atomic E-state index is 13.6. The molecule has 0 saturated heterocycles. The Bertz CT molecular complexity index is 1850. The number of hydrogen-bond donors (Lipinski definition) is 1. The number of ether oxygens (including phenoxy) is 5. The number of aliphatic hydroxyl groups excluding tert-OH is 1. The van der Waals surface area contributed by atoms with Gasteiger partial charge in [0.25, 0.3) is 0 Å². The van der Waals surface area contributed by atoms with Crippen LogP contribution < -0.4 is 18.9 Å². The van der Waals surface area contributed by atoms with Crippen molar-refractivity contribution in [3.05, 3.63) is 105 Å². The molecule has 0 saturated carbocycles. The van der Waals surface area contributed by atoms with Crippen LogP contribution in [0.15, 0.2) is 60.7 Å². The van der Waals surface area contributed by atoms with Crippen LogP contribution in [0.1, 0.15) is 61.4 Å². The Hall–Kier alpha value is -4.57. The summed E-state index contributed by atoms with van der Waals surface area (Å²) in [6.07, 6.45) is 3.01. The van der Waals surface area contributed by atoms with Gasteiger partial charge in [0.15, 0.2) is 17.2 Å². The number of aliphatic hydroxyl groups is 1. The summed E-state index contributed by atoms with van der Waals surface area (Å²) in [5, 5.41) is 10.2. The van der Waals surface area contributed by atoms with Gasteiger partial charge in [0.2, 0.25) is 0 Å². The van der Waals surface area contributed by atoms with E-state index in [9.17, 15) is 9.90 Å². The van der Waals surface area contributed by atoms with E-state index in [-0.39, 0.29) is 24.3 Å². The van der Waals surface area contributed by atoms with Crippen LogP contribution in [0.2, 0.25) is 0 Å². The van der Waals surface area contributed by atoms with Crippen molar-refractivity contribution in [2.45, 2.75) is 44.4 Å². The van der Waals surface area contributed by atoms with Crippen molar-refractivity contribution in [3.8, 4) is 34.5 Å². The summed E-state index contributed by atoms with van der Waals surface area (Å²) in [5.74, 6) is 2.73. The third-order valence-corrected chi connectivity index (χ3v) is 10.2. The van der Waals surface area contributed by atoms with Crippen LogP contribution in [-0.4, -0.2) is 69.4 Å². The normalized spacial score (nSPS) is 18.9. The van der Waals surface area contributed by atoms with Crippen LogP contribution in [0.25, 0.3) is 0 Å². The largest absolute Gasteiger partial charge is 0.496 e. The Morgan fingerprint density at radius 3 is 2.17 bits per heavy atom. The molecule has 4 aromatic carbocycles. The smallest absolute Gasteiger partial charge is 0.345 e. The number of carbonyl (C=O) groups is 1. The van der Waals surface area contributed by atoms with Gasteiger partial charge < -0.3 is 28.8 Å².